The van der Waals surface area contributed by atoms with Crippen molar-refractivity contribution in [2.45, 2.75) is 58.3 Å². The van der Waals surface area contributed by atoms with E-state index in [4.69, 9.17) is 9.47 Å². The SMILES string of the molecule is CCNC(=NCCCOCC1CCOCC1)NCCCCCCC(=O)OC. The summed E-state index contributed by atoms with van der Waals surface area (Å²) in [6.45, 7) is 7.95. The minimum absolute atomic E-state index is 0.119. The van der Waals surface area contributed by atoms with E-state index in [0.717, 1.165) is 97.0 Å². The van der Waals surface area contributed by atoms with Crippen molar-refractivity contribution in [2.75, 3.05) is 53.2 Å². The summed E-state index contributed by atoms with van der Waals surface area (Å²) in [5.41, 5.74) is 0. The molecule has 0 atom stereocenters. The second-order valence-corrected chi connectivity index (χ2v) is 6.91. The van der Waals surface area contributed by atoms with E-state index in [2.05, 4.69) is 27.3 Å². The largest absolute Gasteiger partial charge is 0.469 e. The van der Waals surface area contributed by atoms with E-state index in [1.54, 1.807) is 0 Å². The predicted molar refractivity (Wildman–Crippen MR) is 108 cm³/mol. The Balaban J connectivity index is 2.01. The van der Waals surface area contributed by atoms with E-state index in [1.807, 2.05) is 0 Å². The van der Waals surface area contributed by atoms with Crippen LogP contribution in [0.1, 0.15) is 58.3 Å². The standard InChI is InChI=1S/C20H39N3O4/c1-3-21-20(22-12-7-5-4-6-9-19(24)25-2)23-13-8-14-27-17-18-10-15-26-16-11-18/h18H,3-17H2,1-2H3,(H2,21,22,23). The van der Waals surface area contributed by atoms with Crippen molar-refractivity contribution in [3.63, 3.8) is 0 Å². The van der Waals surface area contributed by atoms with Crippen molar-refractivity contribution in [1.29, 1.82) is 0 Å². The normalized spacial score (nSPS) is 15.6. The summed E-state index contributed by atoms with van der Waals surface area (Å²) in [4.78, 5) is 15.6. The topological polar surface area (TPSA) is 81.2 Å². The fourth-order valence-electron chi connectivity index (χ4n) is 2.92. The van der Waals surface area contributed by atoms with Gasteiger partial charge in [-0.15, -0.1) is 0 Å². The van der Waals surface area contributed by atoms with Gasteiger partial charge in [0.15, 0.2) is 5.96 Å². The van der Waals surface area contributed by atoms with Gasteiger partial charge in [0.25, 0.3) is 0 Å². The van der Waals surface area contributed by atoms with E-state index >= 15 is 0 Å². The molecule has 0 radical (unpaired) electrons. The molecule has 2 N–H and O–H groups in total. The molecular formula is C20H39N3O4. The van der Waals surface area contributed by atoms with Gasteiger partial charge in [0.1, 0.15) is 0 Å². The molecular weight excluding hydrogens is 346 g/mol. The number of ether oxygens (including phenoxy) is 3. The smallest absolute Gasteiger partial charge is 0.305 e. The second kappa shape index (κ2) is 16.8. The van der Waals surface area contributed by atoms with Crippen molar-refractivity contribution in [3.05, 3.63) is 0 Å². The Hall–Kier alpha value is -1.34. The lowest BCUT2D eigenvalue weighted by molar-refractivity contribution is -0.140. The Bertz CT molecular complexity index is 399. The monoisotopic (exact) mass is 385 g/mol. The van der Waals surface area contributed by atoms with Crippen LogP contribution in [0.2, 0.25) is 0 Å². The molecule has 27 heavy (non-hydrogen) atoms. The first-order valence-corrected chi connectivity index (χ1v) is 10.5. The first-order valence-electron chi connectivity index (χ1n) is 10.5. The lowest BCUT2D eigenvalue weighted by Crippen LogP contribution is -2.37. The number of guanidine groups is 1. The number of nitrogens with one attached hydrogen (secondary N) is 2. The number of hydrogen-bond acceptors (Lipinski definition) is 5. The van der Waals surface area contributed by atoms with E-state index < -0.39 is 0 Å². The third-order valence-electron chi connectivity index (χ3n) is 4.58. The van der Waals surface area contributed by atoms with Crippen molar-refractivity contribution in [2.24, 2.45) is 10.9 Å². The Kier molecular flexibility index (Phi) is 14.8. The molecule has 1 rings (SSSR count). The molecule has 1 heterocycles. The maximum atomic E-state index is 11.0. The van der Waals surface area contributed by atoms with Crippen molar-refractivity contribution in [3.8, 4) is 0 Å². The summed E-state index contributed by atoms with van der Waals surface area (Å²) in [6, 6.07) is 0. The van der Waals surface area contributed by atoms with Crippen LogP contribution in [0, 0.1) is 5.92 Å². The van der Waals surface area contributed by atoms with Crippen LogP contribution < -0.4 is 10.6 Å². The highest BCUT2D eigenvalue weighted by molar-refractivity contribution is 5.79. The van der Waals surface area contributed by atoms with Crippen LogP contribution in [0.3, 0.4) is 0 Å². The van der Waals surface area contributed by atoms with Gasteiger partial charge in [-0.05, 0) is 44.9 Å². The van der Waals surface area contributed by atoms with Crippen LogP contribution in [0.25, 0.3) is 0 Å². The molecule has 0 bridgehead atoms. The Morgan fingerprint density at radius 2 is 1.89 bits per heavy atom. The van der Waals surface area contributed by atoms with E-state index in [1.165, 1.54) is 7.11 Å². The molecule has 158 valence electrons. The summed E-state index contributed by atoms with van der Waals surface area (Å²) >= 11 is 0. The maximum absolute atomic E-state index is 11.0. The lowest BCUT2D eigenvalue weighted by atomic mass is 10.0. The average Bonchev–Trinajstić information content (AvgIpc) is 2.70. The lowest BCUT2D eigenvalue weighted by Gasteiger charge is -2.21. The number of nitrogens with zero attached hydrogens (tertiary/aromatic N) is 1. The molecule has 0 aromatic carbocycles. The molecule has 0 saturated carbocycles. The molecule has 0 aromatic rings. The molecule has 0 aliphatic carbocycles. The third kappa shape index (κ3) is 13.5. The molecule has 1 aliphatic rings. The Morgan fingerprint density at radius 3 is 2.63 bits per heavy atom. The predicted octanol–water partition coefficient (Wildman–Crippen LogP) is 2.50. The van der Waals surface area contributed by atoms with Crippen LogP contribution in [0.4, 0.5) is 0 Å². The van der Waals surface area contributed by atoms with Gasteiger partial charge in [-0.1, -0.05) is 12.8 Å². The van der Waals surface area contributed by atoms with Crippen LogP contribution in [0.5, 0.6) is 0 Å². The van der Waals surface area contributed by atoms with Gasteiger partial charge >= 0.3 is 5.97 Å². The second-order valence-electron chi connectivity index (χ2n) is 6.91. The third-order valence-corrected chi connectivity index (χ3v) is 4.58. The molecule has 0 spiro atoms. The summed E-state index contributed by atoms with van der Waals surface area (Å²) in [5, 5.41) is 6.64. The van der Waals surface area contributed by atoms with Crippen LogP contribution in [0.15, 0.2) is 4.99 Å². The number of carbonyl (C=O) groups excluding carboxylic acids is 1. The minimum Gasteiger partial charge on any atom is -0.469 e. The van der Waals surface area contributed by atoms with Crippen molar-refractivity contribution < 1.29 is 19.0 Å². The molecule has 0 aromatic heterocycles. The number of methoxy groups -OCH3 is 1. The molecule has 7 heteroatoms. The fourth-order valence-corrected chi connectivity index (χ4v) is 2.92. The highest BCUT2D eigenvalue weighted by atomic mass is 16.5. The van der Waals surface area contributed by atoms with Crippen molar-refractivity contribution >= 4 is 11.9 Å². The first-order chi connectivity index (χ1) is 13.3. The van der Waals surface area contributed by atoms with E-state index in [-0.39, 0.29) is 5.97 Å². The average molecular weight is 386 g/mol. The molecule has 7 nitrogen and oxygen atoms in total. The summed E-state index contributed by atoms with van der Waals surface area (Å²) < 4.78 is 15.8. The van der Waals surface area contributed by atoms with Crippen molar-refractivity contribution in [1.82, 2.24) is 10.6 Å². The zero-order valence-electron chi connectivity index (χ0n) is 17.3. The number of esters is 1. The van der Waals surface area contributed by atoms with E-state index in [9.17, 15) is 4.79 Å². The van der Waals surface area contributed by atoms with Gasteiger partial charge in [0, 0.05) is 52.5 Å². The molecule has 1 saturated heterocycles. The molecule has 0 unspecified atom stereocenters. The van der Waals surface area contributed by atoms with Gasteiger partial charge in [-0.2, -0.15) is 0 Å². The number of hydrogen-bond donors (Lipinski definition) is 2. The van der Waals surface area contributed by atoms with Gasteiger partial charge in [0.2, 0.25) is 0 Å². The van der Waals surface area contributed by atoms with E-state index in [0.29, 0.717) is 12.3 Å². The number of rotatable bonds is 14. The Labute approximate surface area is 164 Å². The summed E-state index contributed by atoms with van der Waals surface area (Å²) in [5.74, 6) is 1.41. The number of unbranched alkanes of at least 4 members (excludes halogenated alkanes) is 3. The highest BCUT2D eigenvalue weighted by Gasteiger charge is 2.13. The van der Waals surface area contributed by atoms with Gasteiger partial charge in [-0.25, -0.2) is 0 Å². The molecule has 1 fully saturated rings. The van der Waals surface area contributed by atoms with Gasteiger partial charge < -0.3 is 24.8 Å². The van der Waals surface area contributed by atoms with Gasteiger partial charge in [-0.3, -0.25) is 9.79 Å². The van der Waals surface area contributed by atoms with Crippen LogP contribution in [-0.4, -0.2) is 65.1 Å². The number of aliphatic imine (C=N–C) groups is 1. The Morgan fingerprint density at radius 1 is 1.11 bits per heavy atom. The maximum Gasteiger partial charge on any atom is 0.305 e. The van der Waals surface area contributed by atoms with Crippen LogP contribution >= 0.6 is 0 Å². The quantitative estimate of drug-likeness (QED) is 0.207. The minimum atomic E-state index is -0.119. The first kappa shape index (κ1) is 23.7. The molecule has 0 amide bonds. The number of carbonyl (C=O) groups is 1. The summed E-state index contributed by atoms with van der Waals surface area (Å²) in [7, 11) is 1.44. The van der Waals surface area contributed by atoms with Crippen LogP contribution in [-0.2, 0) is 19.0 Å². The highest BCUT2D eigenvalue weighted by Crippen LogP contribution is 2.14. The fraction of sp³-hybridized carbons (Fsp3) is 0.900. The zero-order chi connectivity index (χ0) is 19.6. The zero-order valence-corrected chi connectivity index (χ0v) is 17.3. The summed E-state index contributed by atoms with van der Waals surface area (Å²) in [6.07, 6.45) is 7.81. The molecule has 1 aliphatic heterocycles. The van der Waals surface area contributed by atoms with Gasteiger partial charge in [0.05, 0.1) is 7.11 Å².